The molecule has 0 rings (SSSR count). The zero-order chi connectivity index (χ0) is 5.86. The average Bonchev–Trinajstić information content (AvgIpc) is 1.27. The van der Waals surface area contributed by atoms with E-state index in [1.165, 1.54) is 5.06 Å². The molecule has 0 bridgehead atoms. The second kappa shape index (κ2) is 3.29. The van der Waals surface area contributed by atoms with E-state index >= 15 is 0 Å². The Morgan fingerprint density at radius 3 is 2.14 bits per heavy atom. The minimum atomic E-state index is -1.71. The molecule has 0 aliphatic rings. The fourth-order valence-electron chi connectivity index (χ4n) is 0.167. The lowest BCUT2D eigenvalue weighted by molar-refractivity contribution is -0.000808. The smallest absolute Gasteiger partial charge is 0.268 e. The predicted octanol–water partition coefficient (Wildman–Crippen LogP) is -0.343. The topological polar surface area (TPSA) is 58.7 Å². The zero-order valence-corrected chi connectivity index (χ0v) is 5.22. The SMILES string of the molecule is CN(C)OP(N)O. The Bertz CT molecular complexity index is 43.0. The summed E-state index contributed by atoms with van der Waals surface area (Å²) in [4.78, 5) is 8.30. The molecule has 0 radical (unpaired) electrons. The maximum atomic E-state index is 8.30. The van der Waals surface area contributed by atoms with Crippen LogP contribution >= 0.6 is 8.53 Å². The van der Waals surface area contributed by atoms with Crippen molar-refractivity contribution in [1.29, 1.82) is 0 Å². The molecule has 3 N–H and O–H groups in total. The summed E-state index contributed by atoms with van der Waals surface area (Å²) in [6.07, 6.45) is 0. The second-order valence-corrected chi connectivity index (χ2v) is 1.96. The third kappa shape index (κ3) is 6.27. The standard InChI is InChI=1S/C2H9N2O2P/c1-4(2)6-7(3)5/h5H,3H2,1-2H3. The third-order valence-corrected chi connectivity index (χ3v) is 0.741. The molecule has 0 aromatic carbocycles. The van der Waals surface area contributed by atoms with Crippen LogP contribution in [0.5, 0.6) is 0 Å². The maximum Gasteiger partial charge on any atom is 0.268 e. The molecule has 44 valence electrons. The summed E-state index contributed by atoms with van der Waals surface area (Å²) in [5.41, 5.74) is 4.85. The average molecular weight is 124 g/mol. The molecule has 1 atom stereocenters. The van der Waals surface area contributed by atoms with E-state index in [2.05, 4.69) is 4.62 Å². The van der Waals surface area contributed by atoms with Crippen molar-refractivity contribution >= 4 is 8.53 Å². The molecule has 0 aliphatic carbocycles. The molecule has 0 fully saturated rings. The highest BCUT2D eigenvalue weighted by molar-refractivity contribution is 7.43. The van der Waals surface area contributed by atoms with Crippen LogP contribution in [0.1, 0.15) is 0 Å². The first-order chi connectivity index (χ1) is 3.13. The molecule has 0 aliphatic heterocycles. The molecule has 5 heteroatoms. The van der Waals surface area contributed by atoms with E-state index in [1.807, 2.05) is 0 Å². The molecular weight excluding hydrogens is 115 g/mol. The molecule has 0 aromatic rings. The van der Waals surface area contributed by atoms with Crippen molar-refractivity contribution in [1.82, 2.24) is 5.06 Å². The molecule has 4 nitrogen and oxygen atoms in total. The van der Waals surface area contributed by atoms with E-state index in [4.69, 9.17) is 10.4 Å². The zero-order valence-electron chi connectivity index (χ0n) is 4.33. The summed E-state index contributed by atoms with van der Waals surface area (Å²) < 4.78 is 4.48. The first-order valence-corrected chi connectivity index (χ1v) is 3.00. The summed E-state index contributed by atoms with van der Waals surface area (Å²) in [5, 5.41) is 1.35. The maximum absolute atomic E-state index is 8.30. The molecule has 0 saturated heterocycles. The van der Waals surface area contributed by atoms with Gasteiger partial charge in [-0.3, -0.25) is 5.50 Å². The van der Waals surface area contributed by atoms with Crippen molar-refractivity contribution < 1.29 is 9.52 Å². The minimum absolute atomic E-state index is 1.35. The Morgan fingerprint density at radius 2 is 2.14 bits per heavy atom. The van der Waals surface area contributed by atoms with E-state index in [1.54, 1.807) is 14.1 Å². The molecular formula is C2H9N2O2P. The van der Waals surface area contributed by atoms with Gasteiger partial charge < -0.3 is 4.89 Å². The first-order valence-electron chi connectivity index (χ1n) is 1.72. The van der Waals surface area contributed by atoms with Crippen LogP contribution in [0, 0.1) is 0 Å². The van der Waals surface area contributed by atoms with Crippen molar-refractivity contribution in [3.8, 4) is 0 Å². The van der Waals surface area contributed by atoms with Gasteiger partial charge in [-0.15, -0.1) is 0 Å². The normalized spacial score (nSPS) is 15.0. The lowest BCUT2D eigenvalue weighted by atomic mass is 11.2. The van der Waals surface area contributed by atoms with Gasteiger partial charge in [0.2, 0.25) is 0 Å². The number of nitrogens with two attached hydrogens (primary N) is 1. The van der Waals surface area contributed by atoms with Gasteiger partial charge in [0, 0.05) is 14.1 Å². The Kier molecular flexibility index (Phi) is 3.42. The van der Waals surface area contributed by atoms with Crippen molar-refractivity contribution in [3.63, 3.8) is 0 Å². The fourth-order valence-corrected chi connectivity index (χ4v) is 0.502. The molecule has 1 unspecified atom stereocenters. The van der Waals surface area contributed by atoms with Crippen LogP contribution < -0.4 is 5.50 Å². The van der Waals surface area contributed by atoms with Crippen LogP contribution in [-0.4, -0.2) is 24.1 Å². The summed E-state index contributed by atoms with van der Waals surface area (Å²) in [6.45, 7) is 0. The monoisotopic (exact) mass is 124 g/mol. The number of rotatable bonds is 2. The van der Waals surface area contributed by atoms with E-state index in [0.717, 1.165) is 0 Å². The summed E-state index contributed by atoms with van der Waals surface area (Å²) in [7, 11) is 1.59. The highest BCUT2D eigenvalue weighted by Gasteiger charge is 1.95. The Morgan fingerprint density at radius 1 is 1.71 bits per heavy atom. The van der Waals surface area contributed by atoms with Gasteiger partial charge in [-0.05, 0) is 0 Å². The highest BCUT2D eigenvalue weighted by Crippen LogP contribution is 2.19. The van der Waals surface area contributed by atoms with Crippen LogP contribution in [0.4, 0.5) is 0 Å². The van der Waals surface area contributed by atoms with E-state index < -0.39 is 8.53 Å². The minimum Gasteiger partial charge on any atom is -0.337 e. The molecule has 0 spiro atoms. The van der Waals surface area contributed by atoms with Crippen molar-refractivity contribution in [2.24, 2.45) is 5.50 Å². The molecule has 7 heavy (non-hydrogen) atoms. The largest absolute Gasteiger partial charge is 0.337 e. The van der Waals surface area contributed by atoms with Crippen LogP contribution in [0.15, 0.2) is 0 Å². The van der Waals surface area contributed by atoms with Gasteiger partial charge in [-0.1, -0.05) is 0 Å². The Hall–Kier alpha value is 0.270. The predicted molar refractivity (Wildman–Crippen MR) is 28.1 cm³/mol. The van der Waals surface area contributed by atoms with Gasteiger partial charge in [-0.2, -0.15) is 5.06 Å². The molecule has 0 heterocycles. The van der Waals surface area contributed by atoms with Crippen molar-refractivity contribution in [3.05, 3.63) is 0 Å². The Labute approximate surface area is 43.8 Å². The van der Waals surface area contributed by atoms with Gasteiger partial charge in [0.25, 0.3) is 8.53 Å². The number of hydrogen-bond acceptors (Lipinski definition) is 4. The molecule has 0 amide bonds. The number of hydroxylamine groups is 2. The van der Waals surface area contributed by atoms with Crippen LogP contribution in [0.25, 0.3) is 0 Å². The van der Waals surface area contributed by atoms with Gasteiger partial charge >= 0.3 is 0 Å². The van der Waals surface area contributed by atoms with Gasteiger partial charge in [0.15, 0.2) is 0 Å². The van der Waals surface area contributed by atoms with E-state index in [9.17, 15) is 0 Å². The Balaban J connectivity index is 2.95. The molecule has 0 aromatic heterocycles. The summed E-state index contributed by atoms with van der Waals surface area (Å²) >= 11 is 0. The summed E-state index contributed by atoms with van der Waals surface area (Å²) in [6, 6.07) is 0. The second-order valence-electron chi connectivity index (χ2n) is 1.20. The van der Waals surface area contributed by atoms with Gasteiger partial charge in [0.05, 0.1) is 0 Å². The number of nitrogens with zero attached hydrogens (tertiary/aromatic N) is 1. The lowest BCUT2D eigenvalue weighted by Gasteiger charge is -2.09. The fraction of sp³-hybridized carbons (Fsp3) is 1.00. The van der Waals surface area contributed by atoms with Crippen LogP contribution in [0.3, 0.4) is 0 Å². The van der Waals surface area contributed by atoms with E-state index in [0.29, 0.717) is 0 Å². The van der Waals surface area contributed by atoms with Crippen molar-refractivity contribution in [2.45, 2.75) is 0 Å². The van der Waals surface area contributed by atoms with Crippen LogP contribution in [-0.2, 0) is 4.62 Å². The molecule has 0 saturated carbocycles. The lowest BCUT2D eigenvalue weighted by Crippen LogP contribution is -2.10. The first kappa shape index (κ1) is 7.27. The van der Waals surface area contributed by atoms with Gasteiger partial charge in [-0.25, -0.2) is 4.62 Å². The van der Waals surface area contributed by atoms with Gasteiger partial charge in [0.1, 0.15) is 0 Å². The highest BCUT2D eigenvalue weighted by atomic mass is 31.2. The summed E-state index contributed by atoms with van der Waals surface area (Å²) in [5.74, 6) is 0. The van der Waals surface area contributed by atoms with E-state index in [-0.39, 0.29) is 0 Å². The van der Waals surface area contributed by atoms with Crippen molar-refractivity contribution in [2.75, 3.05) is 14.1 Å². The quantitative estimate of drug-likeness (QED) is 0.390. The van der Waals surface area contributed by atoms with Crippen LogP contribution in [0.2, 0.25) is 0 Å². The number of hydrogen-bond donors (Lipinski definition) is 2. The third-order valence-electron chi connectivity index (χ3n) is 0.247.